The molecule has 1 fully saturated rings. The van der Waals surface area contributed by atoms with Crippen LogP contribution < -0.4 is 4.72 Å². The van der Waals surface area contributed by atoms with Gasteiger partial charge in [0, 0.05) is 11.6 Å². The van der Waals surface area contributed by atoms with E-state index in [1.54, 1.807) is 24.3 Å². The lowest BCUT2D eigenvalue weighted by Gasteiger charge is -2.21. The molecule has 0 radical (unpaired) electrons. The molecule has 1 amide bonds. The van der Waals surface area contributed by atoms with Crippen LogP contribution in [0.15, 0.2) is 41.3 Å². The maximum atomic E-state index is 12.6. The molecule has 26 heavy (non-hydrogen) atoms. The van der Waals surface area contributed by atoms with Gasteiger partial charge in [-0.3, -0.25) is 4.79 Å². The number of nitrogens with one attached hydrogen (secondary N) is 1. The van der Waals surface area contributed by atoms with Crippen molar-refractivity contribution in [1.82, 2.24) is 9.62 Å². The molecule has 0 aliphatic carbocycles. The van der Waals surface area contributed by atoms with Crippen LogP contribution in [0.1, 0.15) is 13.3 Å². The van der Waals surface area contributed by atoms with Crippen molar-refractivity contribution in [3.63, 3.8) is 0 Å². The Morgan fingerprint density at radius 2 is 1.92 bits per heavy atom. The highest BCUT2D eigenvalue weighted by Gasteiger charge is 2.39. The number of carboxylic acid groups (broad SMARTS) is 1. The minimum Gasteiger partial charge on any atom is -0.480 e. The molecule has 1 aliphatic rings. The van der Waals surface area contributed by atoms with Crippen LogP contribution >= 0.6 is 11.6 Å². The number of rotatable bonds is 5. The Labute approximate surface area is 155 Å². The first-order chi connectivity index (χ1) is 12.2. The van der Waals surface area contributed by atoms with E-state index in [1.165, 1.54) is 19.1 Å². The number of hydrogen-bond donors (Lipinski definition) is 2. The molecule has 1 aliphatic heterocycles. The van der Waals surface area contributed by atoms with Crippen LogP contribution in [0.25, 0.3) is 10.8 Å². The average molecular weight is 397 g/mol. The van der Waals surface area contributed by atoms with Crippen LogP contribution in [0.3, 0.4) is 0 Å². The van der Waals surface area contributed by atoms with E-state index in [1.807, 2.05) is 0 Å². The lowest BCUT2D eigenvalue weighted by molar-refractivity contribution is -0.147. The SMILES string of the molecule is C[C@H](C(=O)O)N1CC[C@H](NS(=O)(=O)c2ccc3cc(Cl)ccc3c2)C1=O. The van der Waals surface area contributed by atoms with Gasteiger partial charge in [-0.15, -0.1) is 0 Å². The van der Waals surface area contributed by atoms with Crippen LogP contribution in [0.5, 0.6) is 0 Å². The Hall–Kier alpha value is -2.16. The molecule has 9 heteroatoms. The summed E-state index contributed by atoms with van der Waals surface area (Å²) in [4.78, 5) is 24.6. The van der Waals surface area contributed by atoms with Gasteiger partial charge < -0.3 is 10.0 Å². The molecule has 2 aromatic rings. The third-order valence-electron chi connectivity index (χ3n) is 4.45. The lowest BCUT2D eigenvalue weighted by atomic mass is 10.1. The van der Waals surface area contributed by atoms with E-state index in [2.05, 4.69) is 4.72 Å². The van der Waals surface area contributed by atoms with Gasteiger partial charge in [-0.25, -0.2) is 13.2 Å². The summed E-state index contributed by atoms with van der Waals surface area (Å²) in [6.45, 7) is 1.58. The quantitative estimate of drug-likeness (QED) is 0.802. The lowest BCUT2D eigenvalue weighted by Crippen LogP contribution is -2.46. The van der Waals surface area contributed by atoms with Crippen LogP contribution in [0, 0.1) is 0 Å². The van der Waals surface area contributed by atoms with E-state index in [4.69, 9.17) is 16.7 Å². The van der Waals surface area contributed by atoms with Gasteiger partial charge >= 0.3 is 5.97 Å². The molecule has 1 heterocycles. The maximum absolute atomic E-state index is 12.6. The highest BCUT2D eigenvalue weighted by atomic mass is 35.5. The van der Waals surface area contributed by atoms with Crippen molar-refractivity contribution >= 4 is 44.3 Å². The Bertz CT molecular complexity index is 992. The standard InChI is InChI=1S/C17H17ClN2O5S/c1-10(17(22)23)20-7-6-15(16(20)21)19-26(24,25)14-5-3-11-8-13(18)4-2-12(11)9-14/h2-5,8-10,15,19H,6-7H2,1H3,(H,22,23)/t10-,15+/m1/s1. The Balaban J connectivity index is 1.82. The fourth-order valence-electron chi connectivity index (χ4n) is 2.95. The topological polar surface area (TPSA) is 104 Å². The van der Waals surface area contributed by atoms with E-state index in [0.717, 1.165) is 10.3 Å². The summed E-state index contributed by atoms with van der Waals surface area (Å²) < 4.78 is 27.6. The van der Waals surface area contributed by atoms with Crippen molar-refractivity contribution < 1.29 is 23.1 Å². The van der Waals surface area contributed by atoms with Gasteiger partial charge in [0.05, 0.1) is 4.90 Å². The van der Waals surface area contributed by atoms with Crippen molar-refractivity contribution in [2.24, 2.45) is 0 Å². The summed E-state index contributed by atoms with van der Waals surface area (Å²) in [5.41, 5.74) is 0. The first-order valence-electron chi connectivity index (χ1n) is 7.94. The van der Waals surface area contributed by atoms with Gasteiger partial charge in [0.2, 0.25) is 15.9 Å². The van der Waals surface area contributed by atoms with Gasteiger partial charge in [0.1, 0.15) is 12.1 Å². The number of benzene rings is 2. The number of aliphatic carboxylic acids is 1. The minimum absolute atomic E-state index is 0.0323. The number of halogens is 1. The van der Waals surface area contributed by atoms with Crippen molar-refractivity contribution in [2.75, 3.05) is 6.54 Å². The molecule has 0 aromatic heterocycles. The van der Waals surface area contributed by atoms with E-state index in [0.29, 0.717) is 10.4 Å². The number of sulfonamides is 1. The molecule has 0 unspecified atom stereocenters. The fourth-order valence-corrected chi connectivity index (χ4v) is 4.39. The van der Waals surface area contributed by atoms with Crippen LogP contribution in [0.2, 0.25) is 5.02 Å². The number of carbonyl (C=O) groups is 2. The molecule has 2 N–H and O–H groups in total. The largest absolute Gasteiger partial charge is 0.480 e. The second kappa shape index (κ2) is 6.86. The van der Waals surface area contributed by atoms with Crippen molar-refractivity contribution in [3.8, 4) is 0 Å². The monoisotopic (exact) mass is 396 g/mol. The molecular formula is C17H17ClN2O5S. The summed E-state index contributed by atoms with van der Waals surface area (Å²) >= 11 is 5.92. The van der Waals surface area contributed by atoms with Gasteiger partial charge in [0.15, 0.2) is 0 Å². The third-order valence-corrected chi connectivity index (χ3v) is 6.15. The van der Waals surface area contributed by atoms with E-state index in [-0.39, 0.29) is 17.9 Å². The first-order valence-corrected chi connectivity index (χ1v) is 9.80. The normalized spacial score (nSPS) is 19.1. The number of carbonyl (C=O) groups excluding carboxylic acids is 1. The zero-order chi connectivity index (χ0) is 19.1. The molecule has 2 aromatic carbocycles. The second-order valence-corrected chi connectivity index (χ2v) is 8.31. The number of carboxylic acids is 1. The zero-order valence-corrected chi connectivity index (χ0v) is 15.4. The molecule has 3 rings (SSSR count). The average Bonchev–Trinajstić information content (AvgIpc) is 2.93. The molecule has 0 saturated carbocycles. The second-order valence-electron chi connectivity index (χ2n) is 6.16. The first kappa shape index (κ1) is 18.6. The van der Waals surface area contributed by atoms with Crippen LogP contribution in [0.4, 0.5) is 0 Å². The number of hydrogen-bond acceptors (Lipinski definition) is 4. The Kier molecular flexibility index (Phi) is 4.92. The highest BCUT2D eigenvalue weighted by molar-refractivity contribution is 7.89. The highest BCUT2D eigenvalue weighted by Crippen LogP contribution is 2.24. The summed E-state index contributed by atoms with van der Waals surface area (Å²) in [6.07, 6.45) is 0.221. The molecule has 1 saturated heterocycles. The van der Waals surface area contributed by atoms with Crippen molar-refractivity contribution in [1.29, 1.82) is 0 Å². The third kappa shape index (κ3) is 3.53. The van der Waals surface area contributed by atoms with E-state index < -0.39 is 34.0 Å². The van der Waals surface area contributed by atoms with Gasteiger partial charge in [-0.1, -0.05) is 23.7 Å². The molecular weight excluding hydrogens is 380 g/mol. The van der Waals surface area contributed by atoms with Crippen LogP contribution in [-0.2, 0) is 19.6 Å². The minimum atomic E-state index is -3.93. The number of fused-ring (bicyclic) bond motifs is 1. The van der Waals surface area contributed by atoms with Crippen LogP contribution in [-0.4, -0.2) is 48.9 Å². The fraction of sp³-hybridized carbons (Fsp3) is 0.294. The predicted molar refractivity (Wildman–Crippen MR) is 96.5 cm³/mol. The number of likely N-dealkylation sites (tertiary alicyclic amines) is 1. The molecule has 7 nitrogen and oxygen atoms in total. The smallest absolute Gasteiger partial charge is 0.326 e. The van der Waals surface area contributed by atoms with Crippen molar-refractivity contribution in [3.05, 3.63) is 41.4 Å². The Morgan fingerprint density at radius 1 is 1.27 bits per heavy atom. The zero-order valence-electron chi connectivity index (χ0n) is 13.8. The summed E-state index contributed by atoms with van der Waals surface area (Å²) in [7, 11) is -3.93. The van der Waals surface area contributed by atoms with E-state index >= 15 is 0 Å². The van der Waals surface area contributed by atoms with Gasteiger partial charge in [0.25, 0.3) is 0 Å². The predicted octanol–water partition coefficient (Wildman–Crippen LogP) is 1.85. The van der Waals surface area contributed by atoms with E-state index in [9.17, 15) is 18.0 Å². The number of nitrogens with zero attached hydrogens (tertiary/aromatic N) is 1. The molecule has 2 atom stereocenters. The summed E-state index contributed by atoms with van der Waals surface area (Å²) in [6, 6.07) is 7.73. The summed E-state index contributed by atoms with van der Waals surface area (Å²) in [5, 5.41) is 11.1. The molecule has 0 spiro atoms. The molecule has 138 valence electrons. The molecule has 0 bridgehead atoms. The number of amides is 1. The maximum Gasteiger partial charge on any atom is 0.326 e. The van der Waals surface area contributed by atoms with Gasteiger partial charge in [-0.2, -0.15) is 4.72 Å². The van der Waals surface area contributed by atoms with Crippen molar-refractivity contribution in [2.45, 2.75) is 30.3 Å². The Morgan fingerprint density at radius 3 is 2.62 bits per heavy atom. The summed E-state index contributed by atoms with van der Waals surface area (Å²) in [5.74, 6) is -1.66. The van der Waals surface area contributed by atoms with Gasteiger partial charge in [-0.05, 0) is 48.4 Å².